The summed E-state index contributed by atoms with van der Waals surface area (Å²) in [4.78, 5) is 15.7. The molecule has 0 amide bonds. The van der Waals surface area contributed by atoms with Crippen molar-refractivity contribution < 1.29 is 9.53 Å². The summed E-state index contributed by atoms with van der Waals surface area (Å²) in [7, 11) is 0. The normalized spacial score (nSPS) is 14.4. The zero-order valence-electron chi connectivity index (χ0n) is 11.5. The van der Waals surface area contributed by atoms with Crippen LogP contribution in [-0.2, 0) is 16.0 Å². The largest absolute Gasteiger partial charge is 0.466 e. The zero-order valence-corrected chi connectivity index (χ0v) is 12.3. The third-order valence-electron chi connectivity index (χ3n) is 3.20. The average Bonchev–Trinajstić information content (AvgIpc) is 3.11. The molecule has 106 valence electrons. The van der Waals surface area contributed by atoms with E-state index in [1.807, 2.05) is 12.3 Å². The highest BCUT2D eigenvalue weighted by Crippen LogP contribution is 2.33. The summed E-state index contributed by atoms with van der Waals surface area (Å²) in [6.45, 7) is 3.27. The van der Waals surface area contributed by atoms with Crippen LogP contribution in [0.2, 0.25) is 0 Å². The molecule has 1 fully saturated rings. The van der Waals surface area contributed by atoms with Crippen LogP contribution in [0.3, 0.4) is 0 Å². The molecule has 1 aliphatic carbocycles. The summed E-state index contributed by atoms with van der Waals surface area (Å²) in [5.74, 6) is 0.854. The van der Waals surface area contributed by atoms with Crippen LogP contribution in [0.15, 0.2) is 5.38 Å². The van der Waals surface area contributed by atoms with Crippen molar-refractivity contribution in [1.29, 1.82) is 0 Å². The Bertz CT molecular complexity index is 402. The van der Waals surface area contributed by atoms with E-state index in [9.17, 15) is 4.79 Å². The molecule has 4 nitrogen and oxygen atoms in total. The molecule has 0 unspecified atom stereocenters. The Morgan fingerprint density at radius 3 is 3.16 bits per heavy atom. The van der Waals surface area contributed by atoms with E-state index in [2.05, 4.69) is 10.3 Å². The number of thiazole rings is 1. The number of carbonyl (C=O) groups excluding carboxylic acids is 1. The first-order chi connectivity index (χ1) is 9.28. The van der Waals surface area contributed by atoms with Gasteiger partial charge in [-0.2, -0.15) is 0 Å². The Kier molecular flexibility index (Phi) is 5.63. The Hall–Kier alpha value is -1.10. The lowest BCUT2D eigenvalue weighted by atomic mass is 10.2. The SMILES string of the molecule is CCOC(=O)CCc1csc(NCCCC2CC2)n1. The molecule has 1 aromatic heterocycles. The van der Waals surface area contributed by atoms with Crippen molar-refractivity contribution in [3.63, 3.8) is 0 Å². The topological polar surface area (TPSA) is 51.2 Å². The summed E-state index contributed by atoms with van der Waals surface area (Å²) in [5, 5.41) is 6.34. The van der Waals surface area contributed by atoms with E-state index < -0.39 is 0 Å². The van der Waals surface area contributed by atoms with Crippen molar-refractivity contribution in [3.8, 4) is 0 Å². The standard InChI is InChI=1S/C14H22N2O2S/c1-2-18-13(17)8-7-12-10-19-14(16-12)15-9-3-4-11-5-6-11/h10-11H,2-9H2,1H3,(H,15,16). The first-order valence-corrected chi connectivity index (χ1v) is 7.99. The van der Waals surface area contributed by atoms with E-state index >= 15 is 0 Å². The lowest BCUT2D eigenvalue weighted by molar-refractivity contribution is -0.143. The minimum Gasteiger partial charge on any atom is -0.466 e. The van der Waals surface area contributed by atoms with Crippen molar-refractivity contribution >= 4 is 22.4 Å². The van der Waals surface area contributed by atoms with Gasteiger partial charge >= 0.3 is 5.97 Å². The van der Waals surface area contributed by atoms with Crippen LogP contribution >= 0.6 is 11.3 Å². The van der Waals surface area contributed by atoms with E-state index in [1.54, 1.807) is 11.3 Å². The van der Waals surface area contributed by atoms with Crippen molar-refractivity contribution in [2.45, 2.75) is 45.4 Å². The van der Waals surface area contributed by atoms with Crippen LogP contribution in [0.1, 0.15) is 44.7 Å². The molecule has 0 radical (unpaired) electrons. The lowest BCUT2D eigenvalue weighted by Gasteiger charge is -2.01. The van der Waals surface area contributed by atoms with E-state index in [4.69, 9.17) is 4.74 Å². The molecular formula is C14H22N2O2S. The van der Waals surface area contributed by atoms with E-state index in [-0.39, 0.29) is 5.97 Å². The van der Waals surface area contributed by atoms with Crippen LogP contribution < -0.4 is 5.32 Å². The van der Waals surface area contributed by atoms with Crippen molar-refractivity contribution in [2.24, 2.45) is 5.92 Å². The van der Waals surface area contributed by atoms with Crippen LogP contribution in [0.5, 0.6) is 0 Å². The molecule has 5 heteroatoms. The number of aryl methyl sites for hydroxylation is 1. The number of aromatic nitrogens is 1. The number of carbonyl (C=O) groups is 1. The molecule has 1 saturated carbocycles. The van der Waals surface area contributed by atoms with E-state index in [1.165, 1.54) is 25.7 Å². The smallest absolute Gasteiger partial charge is 0.306 e. The van der Waals surface area contributed by atoms with Crippen LogP contribution in [0.25, 0.3) is 0 Å². The number of hydrogen-bond donors (Lipinski definition) is 1. The molecule has 0 aromatic carbocycles. The van der Waals surface area contributed by atoms with Gasteiger partial charge < -0.3 is 10.1 Å². The summed E-state index contributed by atoms with van der Waals surface area (Å²) in [6, 6.07) is 0. The first-order valence-electron chi connectivity index (χ1n) is 7.12. The number of nitrogens with one attached hydrogen (secondary N) is 1. The van der Waals surface area contributed by atoms with Crippen LogP contribution in [0, 0.1) is 5.92 Å². The highest BCUT2D eigenvalue weighted by Gasteiger charge is 2.19. The van der Waals surface area contributed by atoms with Gasteiger partial charge in [0.25, 0.3) is 0 Å². The molecule has 0 aliphatic heterocycles. The fourth-order valence-corrected chi connectivity index (χ4v) is 2.73. The molecule has 1 heterocycles. The summed E-state index contributed by atoms with van der Waals surface area (Å²) in [5.41, 5.74) is 0.975. The van der Waals surface area contributed by atoms with Gasteiger partial charge in [0.05, 0.1) is 18.7 Å². The second kappa shape index (κ2) is 7.48. The van der Waals surface area contributed by atoms with Gasteiger partial charge in [-0.1, -0.05) is 12.8 Å². The molecule has 0 atom stereocenters. The molecule has 1 N–H and O–H groups in total. The van der Waals surface area contributed by atoms with Gasteiger partial charge in [0.15, 0.2) is 5.13 Å². The quantitative estimate of drug-likeness (QED) is 0.558. The summed E-state index contributed by atoms with van der Waals surface area (Å²) in [6.07, 6.45) is 6.50. The molecule has 0 saturated heterocycles. The van der Waals surface area contributed by atoms with Gasteiger partial charge in [0.2, 0.25) is 0 Å². The number of esters is 1. The van der Waals surface area contributed by atoms with Crippen LogP contribution in [0.4, 0.5) is 5.13 Å². The van der Waals surface area contributed by atoms with Gasteiger partial charge in [-0.15, -0.1) is 11.3 Å². The summed E-state index contributed by atoms with van der Waals surface area (Å²) < 4.78 is 4.90. The zero-order chi connectivity index (χ0) is 13.5. The van der Waals surface area contributed by atoms with Gasteiger partial charge in [-0.3, -0.25) is 4.79 Å². The Balaban J connectivity index is 1.61. The van der Waals surface area contributed by atoms with Gasteiger partial charge in [-0.05, 0) is 25.7 Å². The molecule has 1 aliphatic rings. The van der Waals surface area contributed by atoms with Gasteiger partial charge in [0, 0.05) is 18.3 Å². The number of anilines is 1. The number of rotatable bonds is 9. The highest BCUT2D eigenvalue weighted by atomic mass is 32.1. The second-order valence-corrected chi connectivity index (χ2v) is 5.82. The Labute approximate surface area is 118 Å². The second-order valence-electron chi connectivity index (χ2n) is 4.96. The molecular weight excluding hydrogens is 260 g/mol. The third-order valence-corrected chi connectivity index (χ3v) is 4.05. The molecule has 1 aromatic rings. The Morgan fingerprint density at radius 1 is 1.58 bits per heavy atom. The molecule has 2 rings (SSSR count). The molecule has 0 bridgehead atoms. The fraction of sp³-hybridized carbons (Fsp3) is 0.714. The summed E-state index contributed by atoms with van der Waals surface area (Å²) >= 11 is 1.61. The number of nitrogens with zero attached hydrogens (tertiary/aromatic N) is 1. The van der Waals surface area contributed by atoms with Crippen LogP contribution in [-0.4, -0.2) is 24.1 Å². The minimum absolute atomic E-state index is 0.144. The number of hydrogen-bond acceptors (Lipinski definition) is 5. The first kappa shape index (κ1) is 14.3. The fourth-order valence-electron chi connectivity index (χ4n) is 1.96. The van der Waals surface area contributed by atoms with E-state index in [0.717, 1.165) is 23.3 Å². The van der Waals surface area contributed by atoms with Crippen molar-refractivity contribution in [3.05, 3.63) is 11.1 Å². The molecule has 0 spiro atoms. The minimum atomic E-state index is -0.144. The monoisotopic (exact) mass is 282 g/mol. The van der Waals surface area contributed by atoms with E-state index in [0.29, 0.717) is 19.4 Å². The predicted octanol–water partition coefficient (Wildman–Crippen LogP) is 3.24. The third kappa shape index (κ3) is 5.59. The van der Waals surface area contributed by atoms with Crippen molar-refractivity contribution in [1.82, 2.24) is 4.98 Å². The maximum absolute atomic E-state index is 11.2. The maximum Gasteiger partial charge on any atom is 0.306 e. The lowest BCUT2D eigenvalue weighted by Crippen LogP contribution is -2.05. The van der Waals surface area contributed by atoms with Gasteiger partial charge in [0.1, 0.15) is 0 Å². The highest BCUT2D eigenvalue weighted by molar-refractivity contribution is 7.13. The van der Waals surface area contributed by atoms with Gasteiger partial charge in [-0.25, -0.2) is 4.98 Å². The number of ether oxygens (including phenoxy) is 1. The maximum atomic E-state index is 11.2. The predicted molar refractivity (Wildman–Crippen MR) is 77.5 cm³/mol. The molecule has 19 heavy (non-hydrogen) atoms. The van der Waals surface area contributed by atoms with Crippen molar-refractivity contribution in [2.75, 3.05) is 18.5 Å². The Morgan fingerprint density at radius 2 is 2.42 bits per heavy atom. The average molecular weight is 282 g/mol.